The van der Waals surface area contributed by atoms with Crippen LogP contribution in [0.4, 0.5) is 5.69 Å². The lowest BCUT2D eigenvalue weighted by Gasteiger charge is -2.11. The number of nitrogens with zero attached hydrogens (tertiary/aromatic N) is 1. The number of methoxy groups -OCH3 is 1. The van der Waals surface area contributed by atoms with E-state index in [1.54, 1.807) is 31.5 Å². The molecular weight excluding hydrogens is 405 g/mol. The van der Waals surface area contributed by atoms with Crippen LogP contribution in [0.25, 0.3) is 0 Å². The van der Waals surface area contributed by atoms with E-state index in [9.17, 15) is 0 Å². The summed E-state index contributed by atoms with van der Waals surface area (Å²) in [6, 6.07) is 18.2. The zero-order chi connectivity index (χ0) is 19.2. The van der Waals surface area contributed by atoms with E-state index in [2.05, 4.69) is 4.99 Å². The molecule has 6 heteroatoms. The first-order valence-electron chi connectivity index (χ1n) is 8.09. The first-order valence-corrected chi connectivity index (χ1v) is 9.23. The van der Waals surface area contributed by atoms with Gasteiger partial charge in [-0.05, 0) is 59.7 Å². The zero-order valence-corrected chi connectivity index (χ0v) is 16.7. The predicted octanol–water partition coefficient (Wildman–Crippen LogP) is 6.99. The minimum Gasteiger partial charge on any atom is -0.493 e. The Labute approximate surface area is 173 Å². The minimum atomic E-state index is 0.416. The van der Waals surface area contributed by atoms with Crippen molar-refractivity contribution in [2.45, 2.75) is 6.61 Å². The van der Waals surface area contributed by atoms with Crippen molar-refractivity contribution in [2.24, 2.45) is 4.99 Å². The Morgan fingerprint density at radius 2 is 1.59 bits per heavy atom. The van der Waals surface area contributed by atoms with Crippen molar-refractivity contribution in [2.75, 3.05) is 7.11 Å². The molecule has 0 aromatic heterocycles. The average molecular weight is 421 g/mol. The summed E-state index contributed by atoms with van der Waals surface area (Å²) in [4.78, 5) is 4.39. The fourth-order valence-electron chi connectivity index (χ4n) is 2.35. The third-order valence-corrected chi connectivity index (χ3v) is 4.56. The number of benzene rings is 3. The fraction of sp³-hybridized carbons (Fsp3) is 0.0952. The Hall–Kier alpha value is -2.20. The van der Waals surface area contributed by atoms with E-state index in [0.717, 1.165) is 11.1 Å². The second kappa shape index (κ2) is 9.14. The molecule has 0 bridgehead atoms. The van der Waals surface area contributed by atoms with Crippen LogP contribution in [0.1, 0.15) is 11.1 Å². The van der Waals surface area contributed by atoms with E-state index in [0.29, 0.717) is 38.9 Å². The number of hydrogen-bond acceptors (Lipinski definition) is 3. The Kier molecular flexibility index (Phi) is 6.62. The van der Waals surface area contributed by atoms with Crippen LogP contribution in [0.3, 0.4) is 0 Å². The van der Waals surface area contributed by atoms with Gasteiger partial charge in [-0.15, -0.1) is 0 Å². The van der Waals surface area contributed by atoms with Gasteiger partial charge in [0.15, 0.2) is 11.5 Å². The molecule has 0 aliphatic carbocycles. The molecule has 0 aliphatic rings. The van der Waals surface area contributed by atoms with E-state index >= 15 is 0 Å². The van der Waals surface area contributed by atoms with Gasteiger partial charge in [-0.2, -0.15) is 0 Å². The van der Waals surface area contributed by atoms with Crippen molar-refractivity contribution >= 4 is 46.7 Å². The normalized spacial score (nSPS) is 11.0. The number of rotatable bonds is 6. The van der Waals surface area contributed by atoms with E-state index in [4.69, 9.17) is 44.3 Å². The highest BCUT2D eigenvalue weighted by molar-refractivity contribution is 6.35. The molecule has 3 aromatic rings. The molecule has 0 saturated heterocycles. The summed E-state index contributed by atoms with van der Waals surface area (Å²) in [7, 11) is 1.60. The van der Waals surface area contributed by atoms with Crippen LogP contribution in [-0.2, 0) is 6.61 Å². The highest BCUT2D eigenvalue weighted by atomic mass is 35.5. The van der Waals surface area contributed by atoms with Crippen molar-refractivity contribution < 1.29 is 9.47 Å². The Bertz CT molecular complexity index is 956. The molecule has 0 spiro atoms. The molecule has 0 atom stereocenters. The van der Waals surface area contributed by atoms with E-state index in [-0.39, 0.29) is 0 Å². The lowest BCUT2D eigenvalue weighted by atomic mass is 10.2. The molecule has 0 unspecified atom stereocenters. The minimum absolute atomic E-state index is 0.416. The molecule has 0 saturated carbocycles. The molecular formula is C21H16Cl3NO2. The van der Waals surface area contributed by atoms with Crippen molar-refractivity contribution in [1.29, 1.82) is 0 Å². The smallest absolute Gasteiger partial charge is 0.161 e. The molecule has 0 N–H and O–H groups in total. The second-order valence-electron chi connectivity index (χ2n) is 5.68. The van der Waals surface area contributed by atoms with Gasteiger partial charge < -0.3 is 9.47 Å². The van der Waals surface area contributed by atoms with Crippen molar-refractivity contribution in [3.8, 4) is 11.5 Å². The summed E-state index contributed by atoms with van der Waals surface area (Å²) < 4.78 is 11.3. The SMILES string of the molecule is COc1cc(C=Nc2cc(Cl)ccc2Cl)ccc1OCc1ccc(Cl)cc1. The van der Waals surface area contributed by atoms with Gasteiger partial charge in [0.1, 0.15) is 6.61 Å². The summed E-state index contributed by atoms with van der Waals surface area (Å²) >= 11 is 18.0. The van der Waals surface area contributed by atoms with Gasteiger partial charge in [-0.3, -0.25) is 4.99 Å². The third kappa shape index (κ3) is 5.39. The van der Waals surface area contributed by atoms with E-state index in [1.807, 2.05) is 42.5 Å². The number of ether oxygens (including phenoxy) is 2. The predicted molar refractivity (Wildman–Crippen MR) is 112 cm³/mol. The standard InChI is InChI=1S/C21H16Cl3NO2/c1-26-21-10-15(12-25-19-11-17(23)7-8-18(19)24)4-9-20(21)27-13-14-2-5-16(22)6-3-14/h2-12H,13H2,1H3. The number of aliphatic imine (C=N–C) groups is 1. The average Bonchev–Trinajstić information content (AvgIpc) is 2.68. The molecule has 27 heavy (non-hydrogen) atoms. The summed E-state index contributed by atoms with van der Waals surface area (Å²) in [5.74, 6) is 1.26. The largest absolute Gasteiger partial charge is 0.493 e. The van der Waals surface area contributed by atoms with E-state index < -0.39 is 0 Å². The lowest BCUT2D eigenvalue weighted by molar-refractivity contribution is 0.284. The fourth-order valence-corrected chi connectivity index (χ4v) is 2.81. The molecule has 138 valence electrons. The maximum atomic E-state index is 6.13. The van der Waals surface area contributed by atoms with Crippen LogP contribution in [-0.4, -0.2) is 13.3 Å². The van der Waals surface area contributed by atoms with Gasteiger partial charge in [0, 0.05) is 16.3 Å². The maximum absolute atomic E-state index is 6.13. The highest BCUT2D eigenvalue weighted by Gasteiger charge is 2.06. The first-order chi connectivity index (χ1) is 13.0. The van der Waals surface area contributed by atoms with Crippen molar-refractivity contribution in [3.63, 3.8) is 0 Å². The molecule has 3 aromatic carbocycles. The summed E-state index contributed by atoms with van der Waals surface area (Å²) in [5.41, 5.74) is 2.47. The third-order valence-electron chi connectivity index (χ3n) is 3.76. The lowest BCUT2D eigenvalue weighted by Crippen LogP contribution is -1.98. The Morgan fingerprint density at radius 1 is 0.852 bits per heavy atom. The quantitative estimate of drug-likeness (QED) is 0.402. The van der Waals surface area contributed by atoms with Crippen LogP contribution < -0.4 is 9.47 Å². The zero-order valence-electron chi connectivity index (χ0n) is 14.5. The molecule has 3 nitrogen and oxygen atoms in total. The summed E-state index contributed by atoms with van der Waals surface area (Å²) in [6.07, 6.45) is 1.70. The topological polar surface area (TPSA) is 30.8 Å². The van der Waals surface area contributed by atoms with Gasteiger partial charge in [-0.25, -0.2) is 0 Å². The van der Waals surface area contributed by atoms with E-state index in [1.165, 1.54) is 0 Å². The monoisotopic (exact) mass is 419 g/mol. The van der Waals surface area contributed by atoms with Gasteiger partial charge in [0.05, 0.1) is 17.8 Å². The van der Waals surface area contributed by atoms with Crippen molar-refractivity contribution in [3.05, 3.63) is 86.9 Å². The second-order valence-corrected chi connectivity index (χ2v) is 6.96. The van der Waals surface area contributed by atoms with Gasteiger partial charge in [0.2, 0.25) is 0 Å². The van der Waals surface area contributed by atoms with Crippen LogP contribution >= 0.6 is 34.8 Å². The molecule has 0 amide bonds. The van der Waals surface area contributed by atoms with Crippen LogP contribution in [0.15, 0.2) is 65.7 Å². The number of halogens is 3. The van der Waals surface area contributed by atoms with Crippen LogP contribution in [0.5, 0.6) is 11.5 Å². The van der Waals surface area contributed by atoms with Crippen molar-refractivity contribution in [1.82, 2.24) is 0 Å². The molecule has 0 aliphatic heterocycles. The summed E-state index contributed by atoms with van der Waals surface area (Å²) in [6.45, 7) is 0.416. The molecule has 3 rings (SSSR count). The number of hydrogen-bond donors (Lipinski definition) is 0. The van der Waals surface area contributed by atoms with Gasteiger partial charge in [-0.1, -0.05) is 46.9 Å². The Balaban J connectivity index is 1.74. The van der Waals surface area contributed by atoms with Crippen LogP contribution in [0, 0.1) is 0 Å². The Morgan fingerprint density at radius 3 is 2.33 bits per heavy atom. The maximum Gasteiger partial charge on any atom is 0.161 e. The molecule has 0 radical (unpaired) electrons. The van der Waals surface area contributed by atoms with Gasteiger partial charge >= 0.3 is 0 Å². The first kappa shape index (κ1) is 19.6. The highest BCUT2D eigenvalue weighted by Crippen LogP contribution is 2.30. The summed E-state index contributed by atoms with van der Waals surface area (Å²) in [5, 5.41) is 1.81. The van der Waals surface area contributed by atoms with Crippen LogP contribution in [0.2, 0.25) is 15.1 Å². The molecule has 0 heterocycles. The van der Waals surface area contributed by atoms with Gasteiger partial charge in [0.25, 0.3) is 0 Å². The molecule has 0 fully saturated rings.